The Bertz CT molecular complexity index is 653. The van der Waals surface area contributed by atoms with E-state index in [0.29, 0.717) is 12.3 Å². The molecule has 0 fully saturated rings. The molecule has 3 nitrogen and oxygen atoms in total. The van der Waals surface area contributed by atoms with Crippen LogP contribution in [0.25, 0.3) is 0 Å². The molecule has 0 saturated carbocycles. The third-order valence-electron chi connectivity index (χ3n) is 3.54. The second kappa shape index (κ2) is 7.07. The van der Waals surface area contributed by atoms with Crippen LogP contribution in [-0.4, -0.2) is 12.0 Å². The van der Waals surface area contributed by atoms with Gasteiger partial charge in [0, 0.05) is 6.54 Å². The van der Waals surface area contributed by atoms with Gasteiger partial charge in [-0.3, -0.25) is 4.79 Å². The first-order valence-corrected chi connectivity index (χ1v) is 7.22. The normalized spacial score (nSPS) is 11.8. The van der Waals surface area contributed by atoms with E-state index >= 15 is 0 Å². The molecule has 0 aliphatic heterocycles. The summed E-state index contributed by atoms with van der Waals surface area (Å²) in [5, 5.41) is 2.78. The van der Waals surface area contributed by atoms with E-state index in [9.17, 15) is 9.18 Å². The summed E-state index contributed by atoms with van der Waals surface area (Å²) >= 11 is 0. The van der Waals surface area contributed by atoms with Crippen LogP contribution in [0.4, 0.5) is 4.39 Å². The Kier molecular flexibility index (Phi) is 5.15. The molecule has 2 rings (SSSR count). The number of aryl methyl sites for hydroxylation is 2. The monoisotopic (exact) mass is 301 g/mol. The van der Waals surface area contributed by atoms with Crippen molar-refractivity contribution >= 4 is 5.91 Å². The van der Waals surface area contributed by atoms with Gasteiger partial charge in [0.25, 0.3) is 5.91 Å². The fraction of sp³-hybridized carbons (Fsp3) is 0.278. The lowest BCUT2D eigenvalue weighted by atomic mass is 10.1. The Morgan fingerprint density at radius 1 is 1.14 bits per heavy atom. The topological polar surface area (TPSA) is 38.3 Å². The van der Waals surface area contributed by atoms with Gasteiger partial charge in [0.1, 0.15) is 11.6 Å². The highest BCUT2D eigenvalue weighted by Gasteiger charge is 2.14. The molecule has 0 heterocycles. The zero-order valence-corrected chi connectivity index (χ0v) is 13.0. The molecule has 22 heavy (non-hydrogen) atoms. The quantitative estimate of drug-likeness (QED) is 0.917. The van der Waals surface area contributed by atoms with Crippen molar-refractivity contribution in [3.05, 3.63) is 65.0 Å². The number of amides is 1. The van der Waals surface area contributed by atoms with Crippen LogP contribution in [-0.2, 0) is 11.3 Å². The molecule has 2 aromatic rings. The summed E-state index contributed by atoms with van der Waals surface area (Å²) in [6.45, 7) is 6.08. The maximum atomic E-state index is 12.8. The van der Waals surface area contributed by atoms with Crippen molar-refractivity contribution in [2.45, 2.75) is 33.4 Å². The van der Waals surface area contributed by atoms with Crippen LogP contribution in [0.1, 0.15) is 23.6 Å². The maximum absolute atomic E-state index is 12.8. The van der Waals surface area contributed by atoms with E-state index in [1.165, 1.54) is 17.7 Å². The highest BCUT2D eigenvalue weighted by atomic mass is 19.1. The number of ether oxygens (including phenoxy) is 1. The van der Waals surface area contributed by atoms with E-state index in [-0.39, 0.29) is 11.7 Å². The minimum absolute atomic E-state index is 0.206. The Morgan fingerprint density at radius 2 is 1.82 bits per heavy atom. The van der Waals surface area contributed by atoms with Crippen molar-refractivity contribution < 1.29 is 13.9 Å². The maximum Gasteiger partial charge on any atom is 0.261 e. The zero-order chi connectivity index (χ0) is 16.1. The molecular weight excluding hydrogens is 281 g/mol. The lowest BCUT2D eigenvalue weighted by Gasteiger charge is -2.15. The van der Waals surface area contributed by atoms with Gasteiger partial charge in [-0.1, -0.05) is 18.2 Å². The average molecular weight is 301 g/mol. The van der Waals surface area contributed by atoms with Crippen molar-refractivity contribution in [1.82, 2.24) is 5.32 Å². The molecule has 1 amide bonds. The van der Waals surface area contributed by atoms with Crippen LogP contribution in [0.2, 0.25) is 0 Å². The van der Waals surface area contributed by atoms with Crippen molar-refractivity contribution in [3.63, 3.8) is 0 Å². The minimum atomic E-state index is -0.595. The third kappa shape index (κ3) is 4.32. The number of halogens is 1. The lowest BCUT2D eigenvalue weighted by molar-refractivity contribution is -0.127. The van der Waals surface area contributed by atoms with Crippen LogP contribution in [0.5, 0.6) is 5.75 Å². The molecule has 0 aliphatic carbocycles. The standard InChI is InChI=1S/C18H20FNO2/c1-12-4-9-17(10-13(12)2)22-14(3)18(21)20-11-15-5-7-16(19)8-6-15/h4-10,14H,11H2,1-3H3,(H,20,21)/t14-/m0/s1. The van der Waals surface area contributed by atoms with E-state index in [1.54, 1.807) is 19.1 Å². The second-order valence-electron chi connectivity index (χ2n) is 5.35. The smallest absolute Gasteiger partial charge is 0.261 e. The number of benzene rings is 2. The highest BCUT2D eigenvalue weighted by molar-refractivity contribution is 5.80. The average Bonchev–Trinajstić information content (AvgIpc) is 2.50. The SMILES string of the molecule is Cc1ccc(O[C@@H](C)C(=O)NCc2ccc(F)cc2)cc1C. The van der Waals surface area contributed by atoms with Gasteiger partial charge in [0.05, 0.1) is 0 Å². The van der Waals surface area contributed by atoms with Gasteiger partial charge in [0.15, 0.2) is 6.10 Å². The van der Waals surface area contributed by atoms with E-state index in [4.69, 9.17) is 4.74 Å². The molecule has 0 aliphatic rings. The summed E-state index contributed by atoms with van der Waals surface area (Å²) in [5.41, 5.74) is 3.14. The van der Waals surface area contributed by atoms with E-state index < -0.39 is 6.10 Å². The van der Waals surface area contributed by atoms with Crippen molar-refractivity contribution in [1.29, 1.82) is 0 Å². The summed E-state index contributed by atoms with van der Waals surface area (Å²) in [7, 11) is 0. The number of rotatable bonds is 5. The summed E-state index contributed by atoms with van der Waals surface area (Å²) in [6, 6.07) is 11.8. The first-order chi connectivity index (χ1) is 10.5. The van der Waals surface area contributed by atoms with Crippen LogP contribution >= 0.6 is 0 Å². The molecule has 0 spiro atoms. The molecule has 0 bridgehead atoms. The van der Waals surface area contributed by atoms with Crippen molar-refractivity contribution in [2.75, 3.05) is 0 Å². The first kappa shape index (κ1) is 16.0. The summed E-state index contributed by atoms with van der Waals surface area (Å²) in [5.74, 6) is 0.177. The van der Waals surface area contributed by atoms with E-state index in [0.717, 1.165) is 11.1 Å². The van der Waals surface area contributed by atoms with E-state index in [2.05, 4.69) is 5.32 Å². The molecule has 1 atom stereocenters. The first-order valence-electron chi connectivity index (χ1n) is 7.22. The lowest BCUT2D eigenvalue weighted by Crippen LogP contribution is -2.35. The predicted molar refractivity (Wildman–Crippen MR) is 84.3 cm³/mol. The van der Waals surface area contributed by atoms with Gasteiger partial charge in [-0.05, 0) is 61.7 Å². The minimum Gasteiger partial charge on any atom is -0.481 e. The van der Waals surface area contributed by atoms with Crippen LogP contribution < -0.4 is 10.1 Å². The molecule has 1 N–H and O–H groups in total. The molecule has 0 unspecified atom stereocenters. The Morgan fingerprint density at radius 3 is 2.45 bits per heavy atom. The van der Waals surface area contributed by atoms with Crippen LogP contribution in [0.3, 0.4) is 0 Å². The number of carbonyl (C=O) groups is 1. The molecule has 116 valence electrons. The summed E-state index contributed by atoms with van der Waals surface area (Å²) in [4.78, 5) is 12.0. The highest BCUT2D eigenvalue weighted by Crippen LogP contribution is 2.17. The van der Waals surface area contributed by atoms with Crippen LogP contribution in [0.15, 0.2) is 42.5 Å². The Labute approximate surface area is 130 Å². The summed E-state index contributed by atoms with van der Waals surface area (Å²) in [6.07, 6.45) is -0.595. The fourth-order valence-corrected chi connectivity index (χ4v) is 1.98. The van der Waals surface area contributed by atoms with E-state index in [1.807, 2.05) is 32.0 Å². The van der Waals surface area contributed by atoms with Gasteiger partial charge in [-0.25, -0.2) is 4.39 Å². The third-order valence-corrected chi connectivity index (χ3v) is 3.54. The Hall–Kier alpha value is -2.36. The molecule has 0 saturated heterocycles. The number of carbonyl (C=O) groups excluding carboxylic acids is 1. The summed E-state index contributed by atoms with van der Waals surface area (Å²) < 4.78 is 18.5. The van der Waals surface area contributed by atoms with Gasteiger partial charge < -0.3 is 10.1 Å². The predicted octanol–water partition coefficient (Wildman–Crippen LogP) is 3.53. The number of hydrogen-bond acceptors (Lipinski definition) is 2. The fourth-order valence-electron chi connectivity index (χ4n) is 1.98. The Balaban J connectivity index is 1.88. The number of nitrogens with one attached hydrogen (secondary N) is 1. The zero-order valence-electron chi connectivity index (χ0n) is 13.0. The molecular formula is C18H20FNO2. The molecule has 0 aromatic heterocycles. The van der Waals surface area contributed by atoms with Gasteiger partial charge in [-0.2, -0.15) is 0 Å². The molecule has 0 radical (unpaired) electrons. The van der Waals surface area contributed by atoms with Crippen molar-refractivity contribution in [3.8, 4) is 5.75 Å². The van der Waals surface area contributed by atoms with Crippen molar-refractivity contribution in [2.24, 2.45) is 0 Å². The van der Waals surface area contributed by atoms with Gasteiger partial charge in [-0.15, -0.1) is 0 Å². The van der Waals surface area contributed by atoms with Crippen LogP contribution in [0, 0.1) is 19.7 Å². The van der Waals surface area contributed by atoms with Gasteiger partial charge >= 0.3 is 0 Å². The second-order valence-corrected chi connectivity index (χ2v) is 5.35. The number of hydrogen-bond donors (Lipinski definition) is 1. The molecule has 4 heteroatoms. The molecule has 2 aromatic carbocycles. The van der Waals surface area contributed by atoms with Gasteiger partial charge in [0.2, 0.25) is 0 Å². The largest absolute Gasteiger partial charge is 0.481 e.